The van der Waals surface area contributed by atoms with Crippen molar-refractivity contribution in [3.8, 4) is 6.07 Å². The molecule has 1 fully saturated rings. The van der Waals surface area contributed by atoms with E-state index in [2.05, 4.69) is 24.5 Å². The normalized spacial score (nSPS) is 13.7. The summed E-state index contributed by atoms with van der Waals surface area (Å²) < 4.78 is 13.9. The van der Waals surface area contributed by atoms with Crippen LogP contribution in [0.2, 0.25) is 0 Å². The maximum atomic E-state index is 10.7. The summed E-state index contributed by atoms with van der Waals surface area (Å²) in [5.74, 6) is -0.685. The molecule has 0 N–H and O–H groups in total. The van der Waals surface area contributed by atoms with Crippen molar-refractivity contribution in [3.05, 3.63) is 37.0 Å². The van der Waals surface area contributed by atoms with Gasteiger partial charge in [0.25, 0.3) is 0 Å². The molecule has 6 heteroatoms. The van der Waals surface area contributed by atoms with Crippen molar-refractivity contribution in [2.45, 2.75) is 20.0 Å². The second kappa shape index (κ2) is 12.6. The van der Waals surface area contributed by atoms with Gasteiger partial charge >= 0.3 is 11.9 Å². The minimum absolute atomic E-state index is 0.142. The zero-order valence-electron chi connectivity index (χ0n) is 12.7. The number of carbonyl (C=O) groups excluding carboxylic acids is 2. The van der Waals surface area contributed by atoms with Crippen molar-refractivity contribution >= 4 is 11.9 Å². The number of epoxide rings is 1. The highest BCUT2D eigenvalue weighted by Gasteiger charge is 2.24. The molecule has 1 atom stereocenters. The number of nitriles is 1. The molecule has 1 saturated heterocycles. The predicted octanol–water partition coefficient (Wildman–Crippen LogP) is 1.94. The minimum Gasteiger partial charge on any atom is -0.466 e. The first kappa shape index (κ1) is 20.9. The van der Waals surface area contributed by atoms with Gasteiger partial charge in [-0.2, -0.15) is 5.26 Å². The van der Waals surface area contributed by atoms with Crippen LogP contribution in [-0.4, -0.2) is 38.4 Å². The van der Waals surface area contributed by atoms with E-state index in [9.17, 15) is 9.59 Å². The van der Waals surface area contributed by atoms with Crippen LogP contribution in [0.25, 0.3) is 0 Å². The van der Waals surface area contributed by atoms with Gasteiger partial charge in [0.15, 0.2) is 0 Å². The summed E-state index contributed by atoms with van der Waals surface area (Å²) in [5, 5.41) is 7.51. The fraction of sp³-hybridized carbons (Fsp3) is 0.400. The predicted molar refractivity (Wildman–Crippen MR) is 78.2 cm³/mol. The van der Waals surface area contributed by atoms with E-state index in [0.29, 0.717) is 24.4 Å². The van der Waals surface area contributed by atoms with Crippen molar-refractivity contribution in [2.24, 2.45) is 0 Å². The van der Waals surface area contributed by atoms with E-state index in [-0.39, 0.29) is 18.0 Å². The third-order valence-electron chi connectivity index (χ3n) is 1.78. The number of esters is 2. The standard InChI is InChI=1S/C7H10O3.C5H8O2.C3H3N/c1-5(2)7(8)10-4-6-3-9-6;1-4(2)5(6)7-3;1-2-3-4/h6H,1,3-4H2,2H3;1H2,2-3H3;2H,1H2. The number of rotatable bonds is 4. The van der Waals surface area contributed by atoms with Crippen LogP contribution in [0.1, 0.15) is 13.8 Å². The molecular formula is C15H21NO5. The van der Waals surface area contributed by atoms with Gasteiger partial charge in [0, 0.05) is 17.2 Å². The fourth-order valence-corrected chi connectivity index (χ4v) is 0.630. The number of hydrogen-bond donors (Lipinski definition) is 0. The molecule has 6 nitrogen and oxygen atoms in total. The first-order valence-electron chi connectivity index (χ1n) is 5.98. The van der Waals surface area contributed by atoms with Gasteiger partial charge in [0.2, 0.25) is 0 Å². The molecule has 1 aliphatic rings. The van der Waals surface area contributed by atoms with Crippen molar-refractivity contribution < 1.29 is 23.8 Å². The number of ether oxygens (including phenoxy) is 3. The molecule has 0 radical (unpaired) electrons. The van der Waals surface area contributed by atoms with Crippen molar-refractivity contribution in [1.82, 2.24) is 0 Å². The van der Waals surface area contributed by atoms with E-state index < -0.39 is 0 Å². The molecule has 116 valence electrons. The van der Waals surface area contributed by atoms with Crippen LogP contribution in [0.5, 0.6) is 0 Å². The molecule has 0 saturated carbocycles. The zero-order chi connectivity index (χ0) is 16.8. The van der Waals surface area contributed by atoms with Crippen LogP contribution in [0, 0.1) is 11.3 Å². The lowest BCUT2D eigenvalue weighted by Gasteiger charge is -1.99. The molecule has 0 bridgehead atoms. The fourth-order valence-electron chi connectivity index (χ4n) is 0.630. The number of methoxy groups -OCH3 is 1. The second-order valence-corrected chi connectivity index (χ2v) is 3.94. The lowest BCUT2D eigenvalue weighted by molar-refractivity contribution is -0.139. The molecule has 1 unspecified atom stereocenters. The molecular weight excluding hydrogens is 274 g/mol. The molecule has 0 aromatic rings. The Labute approximate surface area is 125 Å². The van der Waals surface area contributed by atoms with Crippen LogP contribution >= 0.6 is 0 Å². The van der Waals surface area contributed by atoms with Gasteiger partial charge in [-0.1, -0.05) is 19.7 Å². The third kappa shape index (κ3) is 15.6. The largest absolute Gasteiger partial charge is 0.466 e. The Balaban J connectivity index is 0. The molecule has 0 aromatic carbocycles. The molecule has 1 rings (SSSR count). The van der Waals surface area contributed by atoms with E-state index in [1.54, 1.807) is 19.9 Å². The topological polar surface area (TPSA) is 88.9 Å². The summed E-state index contributed by atoms with van der Waals surface area (Å²) in [4.78, 5) is 20.9. The molecule has 0 amide bonds. The third-order valence-corrected chi connectivity index (χ3v) is 1.78. The Hall–Kier alpha value is -2.39. The lowest BCUT2D eigenvalue weighted by atomic mass is 10.4. The number of hydrogen-bond acceptors (Lipinski definition) is 6. The van der Waals surface area contributed by atoms with Crippen molar-refractivity contribution in [1.29, 1.82) is 5.26 Å². The number of nitrogens with zero attached hydrogens (tertiary/aromatic N) is 1. The Morgan fingerprint density at radius 1 is 1.33 bits per heavy atom. The Morgan fingerprint density at radius 2 is 1.76 bits per heavy atom. The average Bonchev–Trinajstić information content (AvgIpc) is 3.28. The highest BCUT2D eigenvalue weighted by atomic mass is 16.6. The van der Waals surface area contributed by atoms with Crippen LogP contribution in [-0.2, 0) is 23.8 Å². The van der Waals surface area contributed by atoms with E-state index in [1.165, 1.54) is 13.2 Å². The van der Waals surface area contributed by atoms with Gasteiger partial charge in [-0.25, -0.2) is 9.59 Å². The summed E-state index contributed by atoms with van der Waals surface area (Å²) in [6.07, 6.45) is 1.32. The number of carbonyl (C=O) groups is 2. The van der Waals surface area contributed by atoms with Crippen LogP contribution in [0.4, 0.5) is 0 Å². The Morgan fingerprint density at radius 3 is 1.95 bits per heavy atom. The van der Waals surface area contributed by atoms with Gasteiger partial charge in [-0.15, -0.1) is 0 Å². The molecule has 0 spiro atoms. The maximum absolute atomic E-state index is 10.7. The summed E-state index contributed by atoms with van der Waals surface area (Å²) in [6.45, 7) is 14.2. The number of allylic oxidation sites excluding steroid dienone is 1. The molecule has 21 heavy (non-hydrogen) atoms. The Bertz CT molecular complexity index is 430. The van der Waals surface area contributed by atoms with Crippen LogP contribution in [0.15, 0.2) is 37.0 Å². The van der Waals surface area contributed by atoms with Gasteiger partial charge in [-0.05, 0) is 13.8 Å². The second-order valence-electron chi connectivity index (χ2n) is 3.94. The molecule has 1 aliphatic heterocycles. The Kier molecular flexibility index (Phi) is 12.6. The van der Waals surface area contributed by atoms with E-state index >= 15 is 0 Å². The monoisotopic (exact) mass is 295 g/mol. The SMILES string of the molecule is C=C(C)C(=O)OC.C=C(C)C(=O)OCC1CO1.C=CC#N. The van der Waals surface area contributed by atoms with Gasteiger partial charge in [0.05, 0.1) is 19.8 Å². The first-order valence-corrected chi connectivity index (χ1v) is 5.98. The minimum atomic E-state index is -0.347. The quantitative estimate of drug-likeness (QED) is 0.341. The van der Waals surface area contributed by atoms with Gasteiger partial charge < -0.3 is 14.2 Å². The molecule has 1 heterocycles. The van der Waals surface area contributed by atoms with Crippen molar-refractivity contribution in [3.63, 3.8) is 0 Å². The van der Waals surface area contributed by atoms with E-state index in [0.717, 1.165) is 0 Å². The molecule has 0 aromatic heterocycles. The van der Waals surface area contributed by atoms with Crippen LogP contribution in [0.3, 0.4) is 0 Å². The highest BCUT2D eigenvalue weighted by molar-refractivity contribution is 5.87. The smallest absolute Gasteiger partial charge is 0.333 e. The maximum Gasteiger partial charge on any atom is 0.333 e. The average molecular weight is 295 g/mol. The van der Waals surface area contributed by atoms with Gasteiger partial charge in [0.1, 0.15) is 12.7 Å². The highest BCUT2D eigenvalue weighted by Crippen LogP contribution is 2.09. The van der Waals surface area contributed by atoms with E-state index in [1.807, 2.05) is 0 Å². The van der Waals surface area contributed by atoms with E-state index in [4.69, 9.17) is 14.7 Å². The van der Waals surface area contributed by atoms with Crippen molar-refractivity contribution in [2.75, 3.05) is 20.3 Å². The summed E-state index contributed by atoms with van der Waals surface area (Å²) in [5.41, 5.74) is 0.864. The summed E-state index contributed by atoms with van der Waals surface area (Å²) in [7, 11) is 1.33. The van der Waals surface area contributed by atoms with Crippen LogP contribution < -0.4 is 0 Å². The summed E-state index contributed by atoms with van der Waals surface area (Å²) >= 11 is 0. The summed E-state index contributed by atoms with van der Waals surface area (Å²) in [6, 6.07) is 1.69. The molecule has 0 aliphatic carbocycles. The lowest BCUT2D eigenvalue weighted by Crippen LogP contribution is -2.09. The zero-order valence-corrected chi connectivity index (χ0v) is 12.7. The van der Waals surface area contributed by atoms with Gasteiger partial charge in [-0.3, -0.25) is 0 Å². The first-order chi connectivity index (χ1) is 9.79.